The van der Waals surface area contributed by atoms with Gasteiger partial charge in [-0.2, -0.15) is 0 Å². The van der Waals surface area contributed by atoms with E-state index >= 15 is 0 Å². The first-order valence-electron chi connectivity index (χ1n) is 4.32. The fourth-order valence-corrected chi connectivity index (χ4v) is 2.07. The van der Waals surface area contributed by atoms with Crippen LogP contribution in [0, 0.1) is 0 Å². The molecule has 1 unspecified atom stereocenters. The summed E-state index contributed by atoms with van der Waals surface area (Å²) < 4.78 is 5.74. The minimum Gasteiger partial charge on any atom is -0.468 e. The van der Waals surface area contributed by atoms with Crippen LogP contribution in [-0.2, 0) is 16.1 Å². The van der Waals surface area contributed by atoms with Crippen molar-refractivity contribution in [2.45, 2.75) is 12.6 Å². The van der Waals surface area contributed by atoms with Crippen LogP contribution in [0.2, 0.25) is 0 Å². The highest BCUT2D eigenvalue weighted by Crippen LogP contribution is 2.28. The average molecular weight is 293 g/mol. The molecular formula is C10H11BrClNO2. The highest BCUT2D eigenvalue weighted by Gasteiger charge is 2.28. The van der Waals surface area contributed by atoms with E-state index in [1.165, 1.54) is 7.11 Å². The molecule has 1 atom stereocenters. The number of fused-ring (bicyclic) bond motifs is 1. The van der Waals surface area contributed by atoms with E-state index in [-0.39, 0.29) is 24.4 Å². The Morgan fingerprint density at radius 2 is 2.33 bits per heavy atom. The molecule has 1 heterocycles. The molecule has 1 N–H and O–H groups in total. The minimum atomic E-state index is -0.303. The Labute approximate surface area is 103 Å². The summed E-state index contributed by atoms with van der Waals surface area (Å²) in [5.74, 6) is -0.230. The third kappa shape index (κ3) is 2.33. The van der Waals surface area contributed by atoms with Gasteiger partial charge in [0.1, 0.15) is 6.04 Å². The molecule has 5 heteroatoms. The van der Waals surface area contributed by atoms with Gasteiger partial charge in [0, 0.05) is 11.0 Å². The Hall–Kier alpha value is -0.580. The lowest BCUT2D eigenvalue weighted by Crippen LogP contribution is -2.22. The van der Waals surface area contributed by atoms with Crippen LogP contribution in [0.3, 0.4) is 0 Å². The van der Waals surface area contributed by atoms with Gasteiger partial charge in [0.15, 0.2) is 0 Å². The summed E-state index contributed by atoms with van der Waals surface area (Å²) in [5, 5.41) is 3.10. The Morgan fingerprint density at radius 1 is 1.60 bits per heavy atom. The lowest BCUT2D eigenvalue weighted by atomic mass is 10.1. The first-order valence-corrected chi connectivity index (χ1v) is 5.11. The first-order chi connectivity index (χ1) is 6.72. The topological polar surface area (TPSA) is 38.3 Å². The largest absolute Gasteiger partial charge is 0.468 e. The number of benzene rings is 1. The number of esters is 1. The molecule has 0 spiro atoms. The smallest absolute Gasteiger partial charge is 0.327 e. The van der Waals surface area contributed by atoms with Gasteiger partial charge in [-0.3, -0.25) is 5.32 Å². The van der Waals surface area contributed by atoms with Gasteiger partial charge in [0.2, 0.25) is 0 Å². The number of hydrogen-bond acceptors (Lipinski definition) is 3. The number of rotatable bonds is 1. The monoisotopic (exact) mass is 291 g/mol. The van der Waals surface area contributed by atoms with Crippen LogP contribution >= 0.6 is 28.3 Å². The predicted molar refractivity (Wildman–Crippen MR) is 63.0 cm³/mol. The molecule has 82 valence electrons. The van der Waals surface area contributed by atoms with Gasteiger partial charge in [-0.1, -0.05) is 22.0 Å². The van der Waals surface area contributed by atoms with Gasteiger partial charge in [0.25, 0.3) is 0 Å². The van der Waals surface area contributed by atoms with Crippen molar-refractivity contribution in [1.29, 1.82) is 0 Å². The predicted octanol–water partition coefficient (Wildman–Crippen LogP) is 2.19. The third-order valence-corrected chi connectivity index (χ3v) is 2.84. The maximum Gasteiger partial charge on any atom is 0.327 e. The normalized spacial score (nSPS) is 17.9. The van der Waals surface area contributed by atoms with Gasteiger partial charge < -0.3 is 4.74 Å². The zero-order valence-electron chi connectivity index (χ0n) is 8.12. The van der Waals surface area contributed by atoms with E-state index < -0.39 is 0 Å². The van der Waals surface area contributed by atoms with E-state index in [0.717, 1.165) is 15.6 Å². The number of carbonyl (C=O) groups excluding carboxylic acids is 1. The van der Waals surface area contributed by atoms with Crippen molar-refractivity contribution >= 4 is 34.3 Å². The molecule has 0 amide bonds. The molecular weight excluding hydrogens is 281 g/mol. The van der Waals surface area contributed by atoms with Gasteiger partial charge in [-0.25, -0.2) is 4.79 Å². The number of hydrogen-bond donors (Lipinski definition) is 1. The standard InChI is InChI=1S/C10H10BrNO2.ClH/c1-14-10(13)9-8-3-2-7(11)4-6(8)5-12-9;/h2-4,9,12H,5H2,1H3;1H. The van der Waals surface area contributed by atoms with Crippen LogP contribution in [-0.4, -0.2) is 13.1 Å². The number of methoxy groups -OCH3 is 1. The van der Waals surface area contributed by atoms with E-state index in [9.17, 15) is 4.79 Å². The van der Waals surface area contributed by atoms with Crippen molar-refractivity contribution in [1.82, 2.24) is 5.32 Å². The first kappa shape index (κ1) is 12.5. The lowest BCUT2D eigenvalue weighted by molar-refractivity contribution is -0.143. The summed E-state index contributed by atoms with van der Waals surface area (Å²) in [7, 11) is 1.40. The summed E-state index contributed by atoms with van der Waals surface area (Å²) in [6, 6.07) is 5.59. The quantitative estimate of drug-likeness (QED) is 0.806. The fraction of sp³-hybridized carbons (Fsp3) is 0.300. The van der Waals surface area contributed by atoms with Crippen LogP contribution in [0.15, 0.2) is 22.7 Å². The highest BCUT2D eigenvalue weighted by atomic mass is 79.9. The van der Waals surface area contributed by atoms with E-state index in [2.05, 4.69) is 21.2 Å². The highest BCUT2D eigenvalue weighted by molar-refractivity contribution is 9.10. The van der Waals surface area contributed by atoms with Crippen molar-refractivity contribution in [3.8, 4) is 0 Å². The Balaban J connectivity index is 0.00000112. The second-order valence-electron chi connectivity index (χ2n) is 3.18. The molecule has 15 heavy (non-hydrogen) atoms. The molecule has 0 aromatic heterocycles. The van der Waals surface area contributed by atoms with Crippen LogP contribution in [0.4, 0.5) is 0 Å². The number of nitrogens with one attached hydrogen (secondary N) is 1. The number of halogens is 2. The van der Waals surface area contributed by atoms with Crippen molar-refractivity contribution in [3.05, 3.63) is 33.8 Å². The maximum absolute atomic E-state index is 11.4. The molecule has 0 bridgehead atoms. The Bertz CT molecular complexity index is 384. The van der Waals surface area contributed by atoms with E-state index in [0.29, 0.717) is 6.54 Å². The second-order valence-corrected chi connectivity index (χ2v) is 4.10. The summed E-state index contributed by atoms with van der Waals surface area (Å²) in [4.78, 5) is 11.4. The molecule has 1 aromatic rings. The molecule has 2 rings (SSSR count). The van der Waals surface area contributed by atoms with Crippen LogP contribution in [0.25, 0.3) is 0 Å². The summed E-state index contributed by atoms with van der Waals surface area (Å²) in [6.07, 6.45) is 0. The number of carbonyl (C=O) groups is 1. The SMILES string of the molecule is COC(=O)C1NCc2cc(Br)ccc21.Cl. The molecule has 0 saturated carbocycles. The van der Waals surface area contributed by atoms with Crippen molar-refractivity contribution in [2.24, 2.45) is 0 Å². The molecule has 3 nitrogen and oxygen atoms in total. The molecule has 1 aliphatic heterocycles. The molecule has 0 aliphatic carbocycles. The molecule has 1 aliphatic rings. The lowest BCUT2D eigenvalue weighted by Gasteiger charge is -2.08. The zero-order valence-corrected chi connectivity index (χ0v) is 10.5. The van der Waals surface area contributed by atoms with Crippen molar-refractivity contribution in [2.75, 3.05) is 7.11 Å². The van der Waals surface area contributed by atoms with Gasteiger partial charge in [-0.15, -0.1) is 12.4 Å². The molecule has 1 aromatic carbocycles. The average Bonchev–Trinajstić information content (AvgIpc) is 2.59. The van der Waals surface area contributed by atoms with Crippen LogP contribution in [0.5, 0.6) is 0 Å². The Morgan fingerprint density at radius 3 is 3.00 bits per heavy atom. The minimum absolute atomic E-state index is 0. The number of ether oxygens (including phenoxy) is 1. The van der Waals surface area contributed by atoms with Gasteiger partial charge in [-0.05, 0) is 23.3 Å². The summed E-state index contributed by atoms with van der Waals surface area (Å²) in [6.45, 7) is 0.717. The second kappa shape index (κ2) is 4.96. The third-order valence-electron chi connectivity index (χ3n) is 2.35. The molecule has 0 radical (unpaired) electrons. The van der Waals surface area contributed by atoms with E-state index in [1.807, 2.05) is 18.2 Å². The zero-order chi connectivity index (χ0) is 10.1. The molecule has 0 saturated heterocycles. The maximum atomic E-state index is 11.4. The summed E-state index contributed by atoms with van der Waals surface area (Å²) in [5.41, 5.74) is 2.16. The van der Waals surface area contributed by atoms with Crippen LogP contribution < -0.4 is 5.32 Å². The van der Waals surface area contributed by atoms with Gasteiger partial charge in [0.05, 0.1) is 7.11 Å². The van der Waals surface area contributed by atoms with Crippen molar-refractivity contribution < 1.29 is 9.53 Å². The fourth-order valence-electron chi connectivity index (χ4n) is 1.66. The van der Waals surface area contributed by atoms with Crippen molar-refractivity contribution in [3.63, 3.8) is 0 Å². The molecule has 0 fully saturated rings. The van der Waals surface area contributed by atoms with Crippen LogP contribution in [0.1, 0.15) is 17.2 Å². The Kier molecular flexibility index (Phi) is 4.13. The van der Waals surface area contributed by atoms with E-state index in [4.69, 9.17) is 4.74 Å². The van der Waals surface area contributed by atoms with Gasteiger partial charge >= 0.3 is 5.97 Å². The summed E-state index contributed by atoms with van der Waals surface area (Å²) >= 11 is 3.39. The van der Waals surface area contributed by atoms with E-state index in [1.54, 1.807) is 0 Å².